The third kappa shape index (κ3) is 3.16. The molecule has 104 valence electrons. The monoisotopic (exact) mass is 263 g/mol. The minimum Gasteiger partial charge on any atom is -0.478 e. The fraction of sp³-hybridized carbons (Fsp3) is 0.571. The van der Waals surface area contributed by atoms with E-state index in [-0.39, 0.29) is 5.56 Å². The molecule has 2 heterocycles. The Labute approximate surface area is 113 Å². The molecule has 3 N–H and O–H groups in total. The van der Waals surface area contributed by atoms with Crippen LogP contribution in [-0.2, 0) is 0 Å². The molecule has 0 bridgehead atoms. The molecule has 0 saturated carbocycles. The van der Waals surface area contributed by atoms with Crippen molar-refractivity contribution in [2.45, 2.75) is 32.6 Å². The van der Waals surface area contributed by atoms with Gasteiger partial charge in [-0.15, -0.1) is 0 Å². The van der Waals surface area contributed by atoms with Crippen LogP contribution in [0.15, 0.2) is 12.3 Å². The number of anilines is 2. The molecular weight excluding hydrogens is 242 g/mol. The molecule has 0 aliphatic carbocycles. The van der Waals surface area contributed by atoms with Gasteiger partial charge in [-0.3, -0.25) is 0 Å². The van der Waals surface area contributed by atoms with E-state index in [2.05, 4.69) is 16.8 Å². The molecule has 0 spiro atoms. The van der Waals surface area contributed by atoms with E-state index in [0.29, 0.717) is 5.69 Å². The maximum absolute atomic E-state index is 10.8. The molecule has 1 saturated heterocycles. The Balaban J connectivity index is 2.05. The molecule has 0 radical (unpaired) electrons. The van der Waals surface area contributed by atoms with Crippen LogP contribution >= 0.6 is 0 Å². The van der Waals surface area contributed by atoms with Gasteiger partial charge in [0.15, 0.2) is 5.82 Å². The Kier molecular flexibility index (Phi) is 4.24. The van der Waals surface area contributed by atoms with Crippen molar-refractivity contribution >= 4 is 17.5 Å². The normalized spacial score (nSPS) is 16.6. The summed E-state index contributed by atoms with van der Waals surface area (Å²) >= 11 is 0. The number of nitrogens with two attached hydrogens (primary N) is 1. The molecule has 5 nitrogen and oxygen atoms in total. The summed E-state index contributed by atoms with van der Waals surface area (Å²) in [4.78, 5) is 17.2. The van der Waals surface area contributed by atoms with Gasteiger partial charge in [0.2, 0.25) is 0 Å². The largest absolute Gasteiger partial charge is 0.478 e. The predicted molar refractivity (Wildman–Crippen MR) is 75.5 cm³/mol. The molecule has 5 heteroatoms. The first kappa shape index (κ1) is 13.6. The van der Waals surface area contributed by atoms with Crippen LogP contribution < -0.4 is 10.6 Å². The molecule has 19 heavy (non-hydrogen) atoms. The van der Waals surface area contributed by atoms with Gasteiger partial charge in [0.05, 0.1) is 11.3 Å². The SMILES string of the molecule is CCCC1CCN(c2ncc(C(=O)O)cc2N)CC1. The highest BCUT2D eigenvalue weighted by atomic mass is 16.4. The first-order valence-electron chi connectivity index (χ1n) is 6.85. The highest BCUT2D eigenvalue weighted by molar-refractivity contribution is 5.89. The van der Waals surface area contributed by atoms with E-state index < -0.39 is 5.97 Å². The number of nitrogens with zero attached hydrogens (tertiary/aromatic N) is 2. The van der Waals surface area contributed by atoms with Crippen molar-refractivity contribution in [1.82, 2.24) is 4.98 Å². The fourth-order valence-electron chi connectivity index (χ4n) is 2.70. The molecule has 2 rings (SSSR count). The second-order valence-corrected chi connectivity index (χ2v) is 5.16. The number of carboxylic acids is 1. The van der Waals surface area contributed by atoms with Gasteiger partial charge in [0, 0.05) is 19.3 Å². The number of aromatic nitrogens is 1. The summed E-state index contributed by atoms with van der Waals surface area (Å²) in [5.41, 5.74) is 6.51. The minimum atomic E-state index is -0.993. The van der Waals surface area contributed by atoms with Gasteiger partial charge in [-0.25, -0.2) is 9.78 Å². The maximum Gasteiger partial charge on any atom is 0.337 e. The van der Waals surface area contributed by atoms with Crippen molar-refractivity contribution < 1.29 is 9.90 Å². The van der Waals surface area contributed by atoms with Crippen molar-refractivity contribution in [1.29, 1.82) is 0 Å². The summed E-state index contributed by atoms with van der Waals surface area (Å²) in [5, 5.41) is 8.90. The maximum atomic E-state index is 10.8. The van der Waals surface area contributed by atoms with Crippen molar-refractivity contribution in [3.63, 3.8) is 0 Å². The van der Waals surface area contributed by atoms with Crippen molar-refractivity contribution in [2.75, 3.05) is 23.7 Å². The average Bonchev–Trinajstić information content (AvgIpc) is 2.40. The first-order chi connectivity index (χ1) is 9.11. The third-order valence-corrected chi connectivity index (χ3v) is 3.75. The van der Waals surface area contributed by atoms with Gasteiger partial charge in [-0.2, -0.15) is 0 Å². The zero-order valence-electron chi connectivity index (χ0n) is 11.3. The van der Waals surface area contributed by atoms with E-state index in [1.54, 1.807) is 0 Å². The molecule has 1 fully saturated rings. The number of carboxylic acid groups (broad SMARTS) is 1. The summed E-state index contributed by atoms with van der Waals surface area (Å²) in [5.74, 6) is 0.535. The van der Waals surface area contributed by atoms with E-state index in [1.807, 2.05) is 0 Å². The predicted octanol–water partition coefficient (Wildman–Crippen LogP) is 2.38. The number of piperidine rings is 1. The van der Waals surface area contributed by atoms with Crippen molar-refractivity contribution in [2.24, 2.45) is 5.92 Å². The van der Waals surface area contributed by atoms with Crippen LogP contribution in [0.25, 0.3) is 0 Å². The van der Waals surface area contributed by atoms with Crippen LogP contribution in [0.5, 0.6) is 0 Å². The summed E-state index contributed by atoms with van der Waals surface area (Å²) in [6, 6.07) is 1.49. The second-order valence-electron chi connectivity index (χ2n) is 5.16. The standard InChI is InChI=1S/C14H21N3O2/c1-2-3-10-4-6-17(7-5-10)13-12(15)8-11(9-16-13)14(18)19/h8-10H,2-7,15H2,1H3,(H,18,19). The molecule has 1 aliphatic heterocycles. The summed E-state index contributed by atoms with van der Waals surface area (Å²) in [6.07, 6.45) is 6.23. The number of hydrogen-bond donors (Lipinski definition) is 2. The molecule has 0 amide bonds. The molecule has 1 aromatic heterocycles. The number of rotatable bonds is 4. The van der Waals surface area contributed by atoms with Crippen LogP contribution in [0.3, 0.4) is 0 Å². The van der Waals surface area contributed by atoms with Crippen molar-refractivity contribution in [3.05, 3.63) is 17.8 Å². The lowest BCUT2D eigenvalue weighted by molar-refractivity contribution is 0.0696. The lowest BCUT2D eigenvalue weighted by Gasteiger charge is -2.33. The summed E-state index contributed by atoms with van der Waals surface area (Å²) in [6.45, 7) is 4.12. The average molecular weight is 263 g/mol. The van der Waals surface area contributed by atoms with E-state index in [4.69, 9.17) is 10.8 Å². The third-order valence-electron chi connectivity index (χ3n) is 3.75. The molecule has 1 aliphatic rings. The van der Waals surface area contributed by atoms with E-state index in [0.717, 1.165) is 37.7 Å². The van der Waals surface area contributed by atoms with Crippen LogP contribution in [0.4, 0.5) is 11.5 Å². The van der Waals surface area contributed by atoms with Gasteiger partial charge in [-0.1, -0.05) is 19.8 Å². The van der Waals surface area contributed by atoms with Crippen molar-refractivity contribution in [3.8, 4) is 0 Å². The number of carbonyl (C=O) groups is 1. The number of nitrogen functional groups attached to an aromatic ring is 1. The van der Waals surface area contributed by atoms with Crippen LogP contribution in [0.2, 0.25) is 0 Å². The van der Waals surface area contributed by atoms with E-state index >= 15 is 0 Å². The second kappa shape index (κ2) is 5.91. The molecular formula is C14H21N3O2. The topological polar surface area (TPSA) is 79.5 Å². The number of aromatic carboxylic acids is 1. The van der Waals surface area contributed by atoms with Gasteiger partial charge in [0.25, 0.3) is 0 Å². The Hall–Kier alpha value is -1.78. The Bertz CT molecular complexity index is 454. The first-order valence-corrected chi connectivity index (χ1v) is 6.85. The van der Waals surface area contributed by atoms with Gasteiger partial charge >= 0.3 is 5.97 Å². The summed E-state index contributed by atoms with van der Waals surface area (Å²) < 4.78 is 0. The molecule has 0 aromatic carbocycles. The summed E-state index contributed by atoms with van der Waals surface area (Å²) in [7, 11) is 0. The highest BCUT2D eigenvalue weighted by Crippen LogP contribution is 2.28. The quantitative estimate of drug-likeness (QED) is 0.871. The fourth-order valence-corrected chi connectivity index (χ4v) is 2.70. The Morgan fingerprint density at radius 2 is 2.21 bits per heavy atom. The van der Waals surface area contributed by atoms with Gasteiger partial charge in [-0.05, 0) is 24.8 Å². The zero-order valence-corrected chi connectivity index (χ0v) is 11.3. The Morgan fingerprint density at radius 3 is 2.74 bits per heavy atom. The minimum absolute atomic E-state index is 0.141. The molecule has 1 aromatic rings. The number of hydrogen-bond acceptors (Lipinski definition) is 4. The molecule has 0 atom stereocenters. The van der Waals surface area contributed by atoms with E-state index in [9.17, 15) is 4.79 Å². The van der Waals surface area contributed by atoms with Crippen LogP contribution in [0.1, 0.15) is 43.0 Å². The lowest BCUT2D eigenvalue weighted by Crippen LogP contribution is -2.34. The van der Waals surface area contributed by atoms with Crippen LogP contribution in [0, 0.1) is 5.92 Å². The van der Waals surface area contributed by atoms with E-state index in [1.165, 1.54) is 25.1 Å². The zero-order chi connectivity index (χ0) is 13.8. The van der Waals surface area contributed by atoms with Gasteiger partial charge < -0.3 is 15.7 Å². The molecule has 0 unspecified atom stereocenters. The highest BCUT2D eigenvalue weighted by Gasteiger charge is 2.21. The van der Waals surface area contributed by atoms with Crippen LogP contribution in [-0.4, -0.2) is 29.1 Å². The smallest absolute Gasteiger partial charge is 0.337 e. The number of pyridine rings is 1. The van der Waals surface area contributed by atoms with Gasteiger partial charge in [0.1, 0.15) is 0 Å². The Morgan fingerprint density at radius 1 is 1.53 bits per heavy atom. The lowest BCUT2D eigenvalue weighted by atomic mass is 9.92.